The van der Waals surface area contributed by atoms with E-state index in [4.69, 9.17) is 0 Å². The summed E-state index contributed by atoms with van der Waals surface area (Å²) in [6.45, 7) is 1.54. The van der Waals surface area contributed by atoms with Gasteiger partial charge < -0.3 is 10.4 Å². The monoisotopic (exact) mass is 282 g/mol. The van der Waals surface area contributed by atoms with Crippen molar-refractivity contribution in [3.63, 3.8) is 0 Å². The molecule has 1 aliphatic carbocycles. The number of nitro groups is 1. The van der Waals surface area contributed by atoms with Gasteiger partial charge in [0.1, 0.15) is 11.2 Å². The number of carboxylic acids is 1. The molecule has 1 fully saturated rings. The summed E-state index contributed by atoms with van der Waals surface area (Å²) >= 11 is 0. The molecule has 1 saturated carbocycles. The average Bonchev–Trinajstić information content (AvgIpc) is 2.65. The van der Waals surface area contributed by atoms with Crippen molar-refractivity contribution < 1.29 is 14.8 Å². The Balaban J connectivity index is 2.41. The molecule has 0 radical (unpaired) electrons. The van der Waals surface area contributed by atoms with Crippen molar-refractivity contribution >= 4 is 17.5 Å². The van der Waals surface area contributed by atoms with Crippen LogP contribution in [0.2, 0.25) is 0 Å². The zero-order valence-electron chi connectivity index (χ0n) is 11.5. The van der Waals surface area contributed by atoms with E-state index in [-0.39, 0.29) is 17.2 Å². The number of hydrogen-bond acceptors (Lipinski definition) is 5. The Bertz CT molecular complexity index is 546. The van der Waals surface area contributed by atoms with Crippen LogP contribution in [0.1, 0.15) is 37.8 Å². The Morgan fingerprint density at radius 3 is 2.55 bits per heavy atom. The standard InChI is InChI=1S/C12H18N4O4/c1-8-9(16(19)20)10(15(2)14-8)13-12(11(17)18)6-4-3-5-7-12/h13H,3-7H2,1-2H3,(H,17,18). The highest BCUT2D eigenvalue weighted by molar-refractivity contribution is 5.83. The molecule has 8 heteroatoms. The lowest BCUT2D eigenvalue weighted by Gasteiger charge is -2.34. The van der Waals surface area contributed by atoms with Gasteiger partial charge in [-0.3, -0.25) is 10.1 Å². The average molecular weight is 282 g/mol. The fourth-order valence-electron chi connectivity index (χ4n) is 2.78. The predicted octanol–water partition coefficient (Wildman–Crippen LogP) is 1.84. The maximum atomic E-state index is 11.6. The first-order chi connectivity index (χ1) is 9.37. The van der Waals surface area contributed by atoms with Crippen molar-refractivity contribution in [2.24, 2.45) is 7.05 Å². The van der Waals surface area contributed by atoms with Gasteiger partial charge >= 0.3 is 11.7 Å². The number of nitrogens with zero attached hydrogens (tertiary/aromatic N) is 3. The fourth-order valence-corrected chi connectivity index (χ4v) is 2.78. The second kappa shape index (κ2) is 5.10. The van der Waals surface area contributed by atoms with Crippen LogP contribution < -0.4 is 5.32 Å². The Kier molecular flexibility index (Phi) is 3.65. The van der Waals surface area contributed by atoms with E-state index in [9.17, 15) is 20.0 Å². The predicted molar refractivity (Wildman–Crippen MR) is 71.7 cm³/mol. The third-order valence-corrected chi connectivity index (χ3v) is 3.85. The summed E-state index contributed by atoms with van der Waals surface area (Å²) in [7, 11) is 1.57. The minimum atomic E-state index is -1.14. The highest BCUT2D eigenvalue weighted by Crippen LogP contribution is 2.36. The van der Waals surface area contributed by atoms with E-state index in [1.165, 1.54) is 11.6 Å². The van der Waals surface area contributed by atoms with Gasteiger partial charge in [0.15, 0.2) is 0 Å². The Hall–Kier alpha value is -2.12. The lowest BCUT2D eigenvalue weighted by Crippen LogP contribution is -2.48. The van der Waals surface area contributed by atoms with Gasteiger partial charge in [0.05, 0.1) is 4.92 Å². The van der Waals surface area contributed by atoms with E-state index < -0.39 is 16.4 Å². The summed E-state index contributed by atoms with van der Waals surface area (Å²) in [6, 6.07) is 0. The van der Waals surface area contributed by atoms with E-state index in [1.54, 1.807) is 7.05 Å². The second-order valence-corrected chi connectivity index (χ2v) is 5.24. The van der Waals surface area contributed by atoms with Crippen LogP contribution in [0, 0.1) is 17.0 Å². The summed E-state index contributed by atoms with van der Waals surface area (Å²) in [6.07, 6.45) is 3.50. The van der Waals surface area contributed by atoms with Crippen molar-refractivity contribution in [1.82, 2.24) is 9.78 Å². The van der Waals surface area contributed by atoms with Crippen LogP contribution in [-0.4, -0.2) is 31.3 Å². The molecule has 2 rings (SSSR count). The molecule has 2 N–H and O–H groups in total. The number of nitrogens with one attached hydrogen (secondary N) is 1. The number of rotatable bonds is 4. The van der Waals surface area contributed by atoms with E-state index in [0.29, 0.717) is 12.8 Å². The number of carboxylic acid groups (broad SMARTS) is 1. The molecule has 0 bridgehead atoms. The molecule has 8 nitrogen and oxygen atoms in total. The molecule has 0 amide bonds. The maximum absolute atomic E-state index is 11.6. The van der Waals surface area contributed by atoms with Gasteiger partial charge in [0.2, 0.25) is 5.82 Å². The lowest BCUT2D eigenvalue weighted by molar-refractivity contribution is -0.384. The Morgan fingerprint density at radius 1 is 1.45 bits per heavy atom. The molecular weight excluding hydrogens is 264 g/mol. The second-order valence-electron chi connectivity index (χ2n) is 5.24. The molecule has 0 aliphatic heterocycles. The van der Waals surface area contributed by atoms with Crippen molar-refractivity contribution in [3.8, 4) is 0 Å². The van der Waals surface area contributed by atoms with Crippen LogP contribution in [0.3, 0.4) is 0 Å². The highest BCUT2D eigenvalue weighted by Gasteiger charge is 2.42. The van der Waals surface area contributed by atoms with Gasteiger partial charge in [-0.15, -0.1) is 0 Å². The highest BCUT2D eigenvalue weighted by atomic mass is 16.6. The van der Waals surface area contributed by atoms with E-state index in [2.05, 4.69) is 10.4 Å². The van der Waals surface area contributed by atoms with E-state index in [0.717, 1.165) is 19.3 Å². The summed E-state index contributed by atoms with van der Waals surface area (Å²) in [5, 5.41) is 27.6. The molecule has 110 valence electrons. The molecule has 0 unspecified atom stereocenters. The van der Waals surface area contributed by atoms with Gasteiger partial charge in [0.25, 0.3) is 0 Å². The molecule has 0 atom stereocenters. The normalized spacial score (nSPS) is 17.7. The largest absolute Gasteiger partial charge is 0.480 e. The topological polar surface area (TPSA) is 110 Å². The molecule has 1 aromatic rings. The zero-order chi connectivity index (χ0) is 14.9. The van der Waals surface area contributed by atoms with Crippen LogP contribution in [0.15, 0.2) is 0 Å². The molecule has 0 spiro atoms. The van der Waals surface area contributed by atoms with Crippen LogP contribution in [0.5, 0.6) is 0 Å². The lowest BCUT2D eigenvalue weighted by atomic mass is 9.81. The van der Waals surface area contributed by atoms with E-state index in [1.807, 2.05) is 0 Å². The van der Waals surface area contributed by atoms with E-state index >= 15 is 0 Å². The van der Waals surface area contributed by atoms with Gasteiger partial charge in [0, 0.05) is 7.05 Å². The van der Waals surface area contributed by atoms with Gasteiger partial charge in [-0.1, -0.05) is 19.3 Å². The van der Waals surface area contributed by atoms with Crippen LogP contribution in [-0.2, 0) is 11.8 Å². The summed E-state index contributed by atoms with van der Waals surface area (Å²) in [5.41, 5.74) is -1.02. The quantitative estimate of drug-likeness (QED) is 0.644. The van der Waals surface area contributed by atoms with Gasteiger partial charge in [-0.25, -0.2) is 9.48 Å². The Labute approximate surface area is 115 Å². The molecular formula is C12H18N4O4. The molecule has 0 aromatic carbocycles. The van der Waals surface area contributed by atoms with Gasteiger partial charge in [-0.05, 0) is 19.8 Å². The first-order valence-electron chi connectivity index (χ1n) is 6.57. The van der Waals surface area contributed by atoms with Crippen LogP contribution >= 0.6 is 0 Å². The number of hydrogen-bond donors (Lipinski definition) is 2. The van der Waals surface area contributed by atoms with Crippen molar-refractivity contribution in [1.29, 1.82) is 0 Å². The first kappa shape index (κ1) is 14.3. The number of anilines is 1. The van der Waals surface area contributed by atoms with Crippen molar-refractivity contribution in [2.45, 2.75) is 44.6 Å². The maximum Gasteiger partial charge on any atom is 0.333 e. The molecule has 1 aliphatic rings. The zero-order valence-corrected chi connectivity index (χ0v) is 11.5. The number of aromatic nitrogens is 2. The summed E-state index contributed by atoms with van der Waals surface area (Å²) in [4.78, 5) is 22.2. The molecule has 20 heavy (non-hydrogen) atoms. The minimum absolute atomic E-state index is 0.154. The third-order valence-electron chi connectivity index (χ3n) is 3.85. The summed E-state index contributed by atoms with van der Waals surface area (Å²) in [5.74, 6) is -0.804. The minimum Gasteiger partial charge on any atom is -0.480 e. The van der Waals surface area contributed by atoms with Crippen LogP contribution in [0.25, 0.3) is 0 Å². The number of carbonyl (C=O) groups is 1. The Morgan fingerprint density at radius 2 is 2.05 bits per heavy atom. The molecule has 1 aromatic heterocycles. The van der Waals surface area contributed by atoms with Gasteiger partial charge in [-0.2, -0.15) is 5.10 Å². The molecule has 1 heterocycles. The van der Waals surface area contributed by atoms with Crippen molar-refractivity contribution in [3.05, 3.63) is 15.8 Å². The SMILES string of the molecule is Cc1nn(C)c(NC2(C(=O)O)CCCCC2)c1[N+](=O)[O-]. The first-order valence-corrected chi connectivity index (χ1v) is 6.57. The number of aliphatic carboxylic acids is 1. The van der Waals surface area contributed by atoms with Crippen molar-refractivity contribution in [2.75, 3.05) is 5.32 Å². The molecule has 0 saturated heterocycles. The smallest absolute Gasteiger partial charge is 0.333 e. The van der Waals surface area contributed by atoms with Crippen LogP contribution in [0.4, 0.5) is 11.5 Å². The third kappa shape index (κ3) is 2.33. The fraction of sp³-hybridized carbons (Fsp3) is 0.667. The number of aryl methyl sites for hydroxylation is 2. The summed E-state index contributed by atoms with van der Waals surface area (Å²) < 4.78 is 1.34.